The Labute approximate surface area is 89.1 Å². The van der Waals surface area contributed by atoms with Gasteiger partial charge in [-0.15, -0.1) is 0 Å². The van der Waals surface area contributed by atoms with E-state index in [1.54, 1.807) is 0 Å². The molecule has 0 N–H and O–H groups in total. The van der Waals surface area contributed by atoms with Crippen LogP contribution in [-0.4, -0.2) is 29.2 Å². The molecule has 2 aliphatic heterocycles. The maximum absolute atomic E-state index is 2.45. The summed E-state index contributed by atoms with van der Waals surface area (Å²) in [5.74, 6) is 0.870. The van der Waals surface area contributed by atoms with Crippen molar-refractivity contribution in [1.29, 1.82) is 0 Å². The van der Waals surface area contributed by atoms with E-state index in [0.29, 0.717) is 5.54 Å². The Balaban J connectivity index is 2.38. The lowest BCUT2D eigenvalue weighted by Gasteiger charge is -2.49. The second-order valence-electron chi connectivity index (χ2n) is 6.04. The molecule has 0 aromatic rings. The van der Waals surface area contributed by atoms with E-state index in [1.165, 1.54) is 43.3 Å². The number of quaternary nitrogens is 1. The molecular weight excluding hydrogens is 170 g/mol. The summed E-state index contributed by atoms with van der Waals surface area (Å²) >= 11 is 0. The SMILES string of the molecule is CC(C)C12CCC[N+]1(C(C)C)CCC2. The lowest BCUT2D eigenvalue weighted by atomic mass is 9.81. The van der Waals surface area contributed by atoms with Gasteiger partial charge >= 0.3 is 0 Å². The Morgan fingerprint density at radius 1 is 0.929 bits per heavy atom. The van der Waals surface area contributed by atoms with Crippen LogP contribution in [0, 0.1) is 5.92 Å². The van der Waals surface area contributed by atoms with Crippen molar-refractivity contribution in [2.45, 2.75) is 65.0 Å². The lowest BCUT2D eigenvalue weighted by Crippen LogP contribution is -2.62. The first-order valence-corrected chi connectivity index (χ1v) is 6.42. The van der Waals surface area contributed by atoms with E-state index in [2.05, 4.69) is 27.7 Å². The van der Waals surface area contributed by atoms with Gasteiger partial charge in [-0.1, -0.05) is 13.8 Å². The Kier molecular flexibility index (Phi) is 2.42. The second kappa shape index (κ2) is 3.23. The van der Waals surface area contributed by atoms with Gasteiger partial charge in [-0.05, 0) is 13.8 Å². The topological polar surface area (TPSA) is 0 Å². The van der Waals surface area contributed by atoms with Crippen molar-refractivity contribution in [1.82, 2.24) is 0 Å². The maximum atomic E-state index is 2.45. The molecule has 0 saturated carbocycles. The van der Waals surface area contributed by atoms with Gasteiger partial charge in [0.2, 0.25) is 0 Å². The summed E-state index contributed by atoms with van der Waals surface area (Å²) in [6.45, 7) is 12.7. The molecule has 0 aromatic carbocycles. The van der Waals surface area contributed by atoms with Gasteiger partial charge in [0.1, 0.15) is 5.54 Å². The fraction of sp³-hybridized carbons (Fsp3) is 1.00. The van der Waals surface area contributed by atoms with Crippen LogP contribution < -0.4 is 0 Å². The van der Waals surface area contributed by atoms with Gasteiger partial charge in [-0.25, -0.2) is 0 Å². The fourth-order valence-electron chi connectivity index (χ4n) is 4.58. The number of hydrogen-bond acceptors (Lipinski definition) is 0. The summed E-state index contributed by atoms with van der Waals surface area (Å²) in [6.07, 6.45) is 5.92. The predicted molar refractivity (Wildman–Crippen MR) is 61.2 cm³/mol. The largest absolute Gasteiger partial charge is 0.317 e. The molecule has 2 aliphatic rings. The van der Waals surface area contributed by atoms with E-state index in [4.69, 9.17) is 0 Å². The second-order valence-corrected chi connectivity index (χ2v) is 6.04. The number of rotatable bonds is 2. The Bertz CT molecular complexity index is 185. The summed E-state index contributed by atoms with van der Waals surface area (Å²) < 4.78 is 1.45. The van der Waals surface area contributed by atoms with Crippen molar-refractivity contribution in [2.75, 3.05) is 13.1 Å². The Morgan fingerprint density at radius 2 is 1.43 bits per heavy atom. The monoisotopic (exact) mass is 196 g/mol. The molecule has 1 nitrogen and oxygen atoms in total. The van der Waals surface area contributed by atoms with Crippen LogP contribution in [0.1, 0.15) is 53.4 Å². The van der Waals surface area contributed by atoms with Gasteiger partial charge in [-0.2, -0.15) is 0 Å². The van der Waals surface area contributed by atoms with Crippen LogP contribution in [0.15, 0.2) is 0 Å². The minimum Gasteiger partial charge on any atom is -0.317 e. The van der Waals surface area contributed by atoms with Gasteiger partial charge in [0, 0.05) is 31.6 Å². The maximum Gasteiger partial charge on any atom is 0.102 e. The average molecular weight is 196 g/mol. The zero-order chi connectivity index (χ0) is 10.4. The lowest BCUT2D eigenvalue weighted by molar-refractivity contribution is -0.974. The van der Waals surface area contributed by atoms with Crippen LogP contribution >= 0.6 is 0 Å². The van der Waals surface area contributed by atoms with Gasteiger partial charge < -0.3 is 4.48 Å². The van der Waals surface area contributed by atoms with Crippen LogP contribution in [0.2, 0.25) is 0 Å². The van der Waals surface area contributed by atoms with Crippen LogP contribution in [-0.2, 0) is 0 Å². The smallest absolute Gasteiger partial charge is 0.102 e. The fourth-order valence-corrected chi connectivity index (χ4v) is 4.58. The Hall–Kier alpha value is -0.0400. The van der Waals surface area contributed by atoms with Crippen molar-refractivity contribution in [3.63, 3.8) is 0 Å². The third-order valence-electron chi connectivity index (χ3n) is 5.28. The molecule has 2 heterocycles. The Morgan fingerprint density at radius 3 is 1.71 bits per heavy atom. The van der Waals surface area contributed by atoms with Crippen LogP contribution in [0.25, 0.3) is 0 Å². The van der Waals surface area contributed by atoms with Gasteiger partial charge in [-0.3, -0.25) is 0 Å². The molecule has 0 radical (unpaired) electrons. The molecule has 0 aliphatic carbocycles. The molecule has 14 heavy (non-hydrogen) atoms. The summed E-state index contributed by atoms with van der Waals surface area (Å²) in [5, 5.41) is 0. The molecule has 0 unspecified atom stereocenters. The molecule has 1 heteroatoms. The molecule has 0 atom stereocenters. The first-order chi connectivity index (χ1) is 6.55. The van der Waals surface area contributed by atoms with Crippen molar-refractivity contribution in [3.05, 3.63) is 0 Å². The summed E-state index contributed by atoms with van der Waals surface area (Å²) in [4.78, 5) is 0. The minimum atomic E-state index is 0.661. The van der Waals surface area contributed by atoms with Crippen LogP contribution in [0.3, 0.4) is 0 Å². The van der Waals surface area contributed by atoms with Gasteiger partial charge in [0.25, 0.3) is 0 Å². The molecule has 82 valence electrons. The number of hydrogen-bond donors (Lipinski definition) is 0. The predicted octanol–water partition coefficient (Wildman–Crippen LogP) is 3.19. The van der Waals surface area contributed by atoms with Crippen LogP contribution in [0.5, 0.6) is 0 Å². The highest BCUT2D eigenvalue weighted by Crippen LogP contribution is 2.51. The normalized spacial score (nSPS) is 42.4. The highest BCUT2D eigenvalue weighted by Gasteiger charge is 2.60. The van der Waals surface area contributed by atoms with Crippen molar-refractivity contribution in [2.24, 2.45) is 5.92 Å². The molecule has 2 rings (SSSR count). The third-order valence-corrected chi connectivity index (χ3v) is 5.28. The van der Waals surface area contributed by atoms with Crippen molar-refractivity contribution >= 4 is 0 Å². The highest BCUT2D eigenvalue weighted by molar-refractivity contribution is 4.94. The minimum absolute atomic E-state index is 0.661. The molecule has 0 aromatic heterocycles. The van der Waals surface area contributed by atoms with Gasteiger partial charge in [0.15, 0.2) is 0 Å². The van der Waals surface area contributed by atoms with E-state index < -0.39 is 0 Å². The number of nitrogens with zero attached hydrogens (tertiary/aromatic N) is 1. The first kappa shape index (κ1) is 10.5. The van der Waals surface area contributed by atoms with Crippen LogP contribution in [0.4, 0.5) is 0 Å². The molecule has 0 bridgehead atoms. The van der Waals surface area contributed by atoms with Crippen molar-refractivity contribution in [3.8, 4) is 0 Å². The summed E-state index contributed by atoms with van der Waals surface area (Å²) in [7, 11) is 0. The standard InChI is InChI=1S/C13H26N/c1-11(2)13-7-5-9-14(13,12(3)4)10-6-8-13/h11-12H,5-10H2,1-4H3/q+1. The molecule has 2 saturated heterocycles. The molecular formula is C13H26N+. The molecule has 0 amide bonds. The van der Waals surface area contributed by atoms with Crippen molar-refractivity contribution < 1.29 is 4.48 Å². The highest BCUT2D eigenvalue weighted by atomic mass is 15.5. The average Bonchev–Trinajstić information content (AvgIpc) is 2.56. The summed E-state index contributed by atoms with van der Waals surface area (Å²) in [5.41, 5.74) is 0.661. The quantitative estimate of drug-likeness (QED) is 0.595. The van der Waals surface area contributed by atoms with E-state index in [0.717, 1.165) is 12.0 Å². The number of fused-ring (bicyclic) bond motifs is 1. The van der Waals surface area contributed by atoms with E-state index in [-0.39, 0.29) is 0 Å². The molecule has 2 fully saturated rings. The van der Waals surface area contributed by atoms with E-state index >= 15 is 0 Å². The zero-order valence-corrected chi connectivity index (χ0v) is 10.3. The van der Waals surface area contributed by atoms with E-state index in [1.807, 2.05) is 0 Å². The molecule has 0 spiro atoms. The summed E-state index contributed by atoms with van der Waals surface area (Å²) in [6, 6.07) is 0.836. The zero-order valence-electron chi connectivity index (χ0n) is 10.3. The van der Waals surface area contributed by atoms with Gasteiger partial charge in [0.05, 0.1) is 19.1 Å². The first-order valence-electron chi connectivity index (χ1n) is 6.42. The van der Waals surface area contributed by atoms with E-state index in [9.17, 15) is 0 Å². The third kappa shape index (κ3) is 1.05.